The number of fused-ring (bicyclic) bond motifs is 2. The Hall–Kier alpha value is -4.25. The molecule has 1 fully saturated rings. The molecular weight excluding hydrogens is 926 g/mol. The summed E-state index contributed by atoms with van der Waals surface area (Å²) in [5.74, 6) is -6.51. The van der Waals surface area contributed by atoms with Crippen LogP contribution in [0.15, 0.2) is 71.1 Å². The molecule has 3 aliphatic rings. The third-order valence-corrected chi connectivity index (χ3v) is 9.26. The second-order valence-corrected chi connectivity index (χ2v) is 13.8. The molecule has 0 aromatic heterocycles. The molecule has 1 heterocycles. The summed E-state index contributed by atoms with van der Waals surface area (Å²) in [7, 11) is 2.92. The number of Topliss-reactive ketones (excluding diaryl/α,β-unsaturated/α-hetero) is 1. The van der Waals surface area contributed by atoms with E-state index in [2.05, 4.69) is 17.2 Å². The van der Waals surface area contributed by atoms with Crippen molar-refractivity contribution < 1.29 is 79.4 Å². The fourth-order valence-corrected chi connectivity index (χ4v) is 6.14. The zero-order valence-corrected chi connectivity index (χ0v) is 35.5. The summed E-state index contributed by atoms with van der Waals surface area (Å²) in [6.45, 7) is 10.9. The number of carboxylic acid groups (broad SMARTS) is 2. The van der Waals surface area contributed by atoms with Crippen molar-refractivity contribution in [3.63, 3.8) is 0 Å². The first-order chi connectivity index (χ1) is 26.3. The van der Waals surface area contributed by atoms with E-state index >= 15 is 0 Å². The van der Waals surface area contributed by atoms with Crippen LogP contribution in [0.25, 0.3) is 0 Å². The predicted octanol–water partition coefficient (Wildman–Crippen LogP) is -0.764. The number of allylic oxidation sites excluding steroid dienone is 4. The maximum Gasteiger partial charge on any atom is 2.00 e. The first-order valence-electron chi connectivity index (χ1n) is 18.2. The Bertz CT molecular complexity index is 1570. The van der Waals surface area contributed by atoms with Crippen LogP contribution in [0.5, 0.6) is 0 Å². The monoisotopic (exact) mass is 982 g/mol. The molecule has 0 radical (unpaired) electrons. The van der Waals surface area contributed by atoms with Gasteiger partial charge in [-0.1, -0.05) is 57.1 Å². The number of carboxylic acids is 2. The molecule has 1 aliphatic heterocycles. The second kappa shape index (κ2) is 26.6. The molecule has 0 aromatic rings. The van der Waals surface area contributed by atoms with E-state index in [9.17, 15) is 24.3 Å². The van der Waals surface area contributed by atoms with Gasteiger partial charge in [0, 0.05) is 56.0 Å². The van der Waals surface area contributed by atoms with E-state index < -0.39 is 65.8 Å². The predicted molar refractivity (Wildman–Crippen MR) is 202 cm³/mol. The SMILES string of the molecule is C=CCNC1=C2C[C@@H](C)C[C@H](OC)[C@H](O)[C@@H](C)/C=C(\C)[C@H](OC(N)=O)[C@@H](OC)/C=C/C=C(/C)C(=O)NC(=CC1=O)C2=O.N[C@@H]1CCCC[C@H]1N.O=C([O-])C(=O)[O-].[Pt+2]. The average molecular weight is 983 g/mol. The summed E-state index contributed by atoms with van der Waals surface area (Å²) in [6, 6.07) is 0.562. The van der Waals surface area contributed by atoms with Gasteiger partial charge < -0.3 is 67.0 Å². The molecule has 17 nitrogen and oxygen atoms in total. The molecule has 2 bridgehead atoms. The van der Waals surface area contributed by atoms with Crippen LogP contribution < -0.4 is 38.0 Å². The maximum atomic E-state index is 13.5. The molecule has 3 rings (SSSR count). The standard InChI is InChI=1S/C31H43N3O8.C6H14N2.C2H2O4.Pt/c1-8-12-33-26-21-13-17(2)14-25(41-7)27(36)19(4)15-20(5)29(42-31(32)39)24(40-6)11-9-10-18(3)30(38)34-22(28(21)37)16-23(26)35;7-5-3-1-2-4-6(5)8;3-1(4)2(5)6;/h8-11,15-17,19,24-25,27,29,33,36H,1,12-14H2,2-7H3,(H2,32,39)(H,34,38);5-6H,1-4,7-8H2;(H,3,4)(H,5,6);/q;;;+2/p-2/b11-9+,18-10-,20-15+;;;/t17-,19+,24+,25+,27-,29+;5-,6-;;/m11../s1. The minimum atomic E-state index is -2.19. The number of amides is 2. The average Bonchev–Trinajstić information content (AvgIpc) is 3.14. The third kappa shape index (κ3) is 17.8. The minimum Gasteiger partial charge on any atom is -0.543 e. The summed E-state index contributed by atoms with van der Waals surface area (Å²) in [5.41, 5.74) is 17.7. The smallest absolute Gasteiger partial charge is 0.543 e. The van der Waals surface area contributed by atoms with E-state index in [0.717, 1.165) is 18.9 Å². The first-order valence-corrected chi connectivity index (χ1v) is 18.2. The van der Waals surface area contributed by atoms with E-state index in [4.69, 9.17) is 51.2 Å². The van der Waals surface area contributed by atoms with Crippen LogP contribution in [-0.2, 0) is 59.2 Å². The molecule has 18 heteroatoms. The molecule has 0 unspecified atom stereocenters. The Kier molecular flexibility index (Phi) is 24.6. The van der Waals surface area contributed by atoms with Crippen LogP contribution in [0.2, 0.25) is 0 Å². The molecule has 57 heavy (non-hydrogen) atoms. The zero-order chi connectivity index (χ0) is 42.7. The Morgan fingerprint density at radius 3 is 2.09 bits per heavy atom. The number of ether oxygens (including phenoxy) is 3. The topological polar surface area (TPSA) is 299 Å². The zero-order valence-electron chi connectivity index (χ0n) is 33.2. The second-order valence-electron chi connectivity index (χ2n) is 13.8. The van der Waals surface area contributed by atoms with Gasteiger partial charge in [-0.05, 0) is 51.0 Å². The molecular formula is C39H57N5O12Pt. The van der Waals surface area contributed by atoms with Crippen LogP contribution in [0, 0.1) is 11.8 Å². The fraction of sp³-hybridized carbons (Fsp3) is 0.538. The number of nitrogens with two attached hydrogens (primary N) is 3. The van der Waals surface area contributed by atoms with Crippen molar-refractivity contribution in [2.45, 2.75) is 103 Å². The van der Waals surface area contributed by atoms with Gasteiger partial charge in [-0.25, -0.2) is 4.79 Å². The van der Waals surface area contributed by atoms with Crippen LogP contribution in [0.4, 0.5) is 4.79 Å². The molecule has 2 amide bonds. The minimum absolute atomic E-state index is 0. The van der Waals surface area contributed by atoms with Crippen molar-refractivity contribution in [1.82, 2.24) is 10.6 Å². The van der Waals surface area contributed by atoms with Crippen molar-refractivity contribution in [1.29, 1.82) is 0 Å². The number of carbonyl (C=O) groups excluding carboxylic acids is 6. The number of aliphatic hydroxyl groups is 1. The third-order valence-electron chi connectivity index (χ3n) is 9.26. The van der Waals surface area contributed by atoms with Crippen LogP contribution >= 0.6 is 0 Å². The van der Waals surface area contributed by atoms with Crippen molar-refractivity contribution in [3.8, 4) is 0 Å². The molecule has 0 aromatic carbocycles. The molecule has 9 N–H and O–H groups in total. The van der Waals surface area contributed by atoms with Crippen molar-refractivity contribution in [3.05, 3.63) is 71.1 Å². The van der Waals surface area contributed by atoms with Crippen LogP contribution in [0.1, 0.15) is 66.2 Å². The Morgan fingerprint density at radius 1 is 1.04 bits per heavy atom. The van der Waals surface area contributed by atoms with E-state index in [-0.39, 0.29) is 74.6 Å². The van der Waals surface area contributed by atoms with Crippen LogP contribution in [-0.4, -0.2) is 97.9 Å². The number of aliphatic carboxylic acids is 2. The van der Waals surface area contributed by atoms with Crippen LogP contribution in [0.3, 0.4) is 0 Å². The summed E-state index contributed by atoms with van der Waals surface area (Å²) in [6.07, 6.45) is 10.1. The largest absolute Gasteiger partial charge is 2.00 e. The summed E-state index contributed by atoms with van der Waals surface area (Å²) in [5, 5.41) is 34.6. The number of hydrogen-bond donors (Lipinski definition) is 6. The molecule has 1 saturated carbocycles. The van der Waals surface area contributed by atoms with Gasteiger partial charge in [0.05, 0.1) is 35.5 Å². The number of rotatable bonds is 6. The molecule has 0 spiro atoms. The number of aliphatic hydroxyl groups excluding tert-OH is 1. The summed E-state index contributed by atoms with van der Waals surface area (Å²) < 4.78 is 16.6. The van der Waals surface area contributed by atoms with Gasteiger partial charge in [0.2, 0.25) is 11.6 Å². The van der Waals surface area contributed by atoms with E-state index in [1.165, 1.54) is 33.1 Å². The van der Waals surface area contributed by atoms with Crippen molar-refractivity contribution >= 4 is 35.5 Å². The van der Waals surface area contributed by atoms with Gasteiger partial charge >= 0.3 is 27.2 Å². The number of primary amides is 1. The van der Waals surface area contributed by atoms with Gasteiger partial charge in [-0.2, -0.15) is 0 Å². The van der Waals surface area contributed by atoms with E-state index in [0.29, 0.717) is 12.0 Å². The quantitative estimate of drug-likeness (QED) is 0.108. The van der Waals surface area contributed by atoms with E-state index in [1.807, 2.05) is 6.92 Å². The van der Waals surface area contributed by atoms with Gasteiger partial charge in [-0.3, -0.25) is 14.4 Å². The molecule has 2 aliphatic carbocycles. The normalized spacial score (nSPS) is 29.6. The number of ketones is 2. The van der Waals surface area contributed by atoms with Gasteiger partial charge in [0.1, 0.15) is 6.10 Å². The van der Waals surface area contributed by atoms with Gasteiger partial charge in [0.15, 0.2) is 6.10 Å². The number of nitrogens with one attached hydrogen (secondary N) is 2. The van der Waals surface area contributed by atoms with Gasteiger partial charge in [0.25, 0.3) is 5.91 Å². The van der Waals surface area contributed by atoms with E-state index in [1.54, 1.807) is 45.1 Å². The Labute approximate surface area is 348 Å². The van der Waals surface area contributed by atoms with Crippen molar-refractivity contribution in [2.75, 3.05) is 20.8 Å². The first kappa shape index (κ1) is 52.7. The summed E-state index contributed by atoms with van der Waals surface area (Å²) >= 11 is 0. The molecule has 8 atom stereocenters. The van der Waals surface area contributed by atoms with Crippen molar-refractivity contribution in [2.24, 2.45) is 29.0 Å². The maximum absolute atomic E-state index is 13.5. The van der Waals surface area contributed by atoms with Gasteiger partial charge in [-0.15, -0.1) is 6.58 Å². The number of methoxy groups -OCH3 is 2. The number of carbonyl (C=O) groups is 6. The molecule has 320 valence electrons. The Morgan fingerprint density at radius 2 is 1.61 bits per heavy atom. The fourth-order valence-electron chi connectivity index (χ4n) is 6.14. The summed E-state index contributed by atoms with van der Waals surface area (Å²) in [4.78, 5) is 69.1. The number of hydrogen-bond acceptors (Lipinski definition) is 15. The Balaban J connectivity index is 0.00000175. The molecule has 0 saturated heterocycles.